The molecule has 0 N–H and O–H groups in total. The van der Waals surface area contributed by atoms with Crippen molar-refractivity contribution in [3.63, 3.8) is 0 Å². The Morgan fingerprint density at radius 2 is 0.881 bits per heavy atom. The molecule has 0 aromatic heterocycles. The van der Waals surface area contributed by atoms with E-state index in [2.05, 4.69) is 18.7 Å². The van der Waals surface area contributed by atoms with Gasteiger partial charge in [-0.3, -0.25) is 14.5 Å². The van der Waals surface area contributed by atoms with E-state index in [1.165, 1.54) is 103 Å². The average Bonchev–Trinajstić information content (AvgIpc) is 3.02. The van der Waals surface area contributed by atoms with Gasteiger partial charge in [0.25, 0.3) is 0 Å². The summed E-state index contributed by atoms with van der Waals surface area (Å²) in [6, 6.07) is 2.39. The monoisotopic (exact) mass is 577 g/mol. The maximum absolute atomic E-state index is 13.9. The van der Waals surface area contributed by atoms with Crippen LogP contribution < -0.4 is 0 Å². The van der Waals surface area contributed by atoms with Crippen LogP contribution in [0.1, 0.15) is 162 Å². The second kappa shape index (κ2) is 12.6. The van der Waals surface area contributed by atoms with Gasteiger partial charge in [0, 0.05) is 41.8 Å². The molecule has 0 aromatic carbocycles. The molecule has 7 aliphatic rings. The van der Waals surface area contributed by atoms with Crippen LogP contribution >= 0.6 is 0 Å². The third-order valence-corrected chi connectivity index (χ3v) is 14.9. The number of rotatable bonds is 6. The van der Waals surface area contributed by atoms with E-state index in [1.807, 2.05) is 0 Å². The molecule has 3 heteroatoms. The fourth-order valence-corrected chi connectivity index (χ4v) is 12.6. The summed E-state index contributed by atoms with van der Waals surface area (Å²) in [6.07, 6.45) is 29.3. The minimum atomic E-state index is 0.171. The quantitative estimate of drug-likeness (QED) is 0.315. The fourth-order valence-electron chi connectivity index (χ4n) is 12.6. The highest BCUT2D eigenvalue weighted by atomic mass is 16.1. The standard InChI is InChI=1S/C39H63NO2/c1-39(2)33-17-9-11-19-35(33)40(36-20-12-10-18-34(36)39)32-24-29(25-32)28-21-30(37(41)26-13-5-3-6-14-26)23-31(22-28)38(42)27-15-7-4-8-16-27/h26-36H,3-25H2,1-2H3. The van der Waals surface area contributed by atoms with Crippen LogP contribution in [0.5, 0.6) is 0 Å². The number of carbonyl (C=O) groups excluding carboxylic acids is 2. The number of hydrogen-bond donors (Lipinski definition) is 0. The number of likely N-dealkylation sites (tertiary alicyclic amines) is 1. The lowest BCUT2D eigenvalue weighted by atomic mass is 9.53. The molecule has 6 aliphatic carbocycles. The Balaban J connectivity index is 1.07. The minimum Gasteiger partial charge on any atom is -0.299 e. The molecule has 6 saturated carbocycles. The summed E-state index contributed by atoms with van der Waals surface area (Å²) in [5.41, 5.74) is 0.499. The zero-order valence-electron chi connectivity index (χ0n) is 27.4. The van der Waals surface area contributed by atoms with Crippen LogP contribution in [0.25, 0.3) is 0 Å². The first-order valence-electron chi connectivity index (χ1n) is 19.3. The van der Waals surface area contributed by atoms with E-state index < -0.39 is 0 Å². The van der Waals surface area contributed by atoms with Gasteiger partial charge in [-0.15, -0.1) is 0 Å². The molecule has 7 rings (SSSR count). The van der Waals surface area contributed by atoms with Crippen LogP contribution in [0.3, 0.4) is 0 Å². The Morgan fingerprint density at radius 3 is 1.36 bits per heavy atom. The average molecular weight is 578 g/mol. The number of fused-ring (bicyclic) bond motifs is 2. The van der Waals surface area contributed by atoms with Crippen molar-refractivity contribution in [3.8, 4) is 0 Å². The first-order valence-corrected chi connectivity index (χ1v) is 19.3. The number of ketones is 2. The molecule has 3 nitrogen and oxygen atoms in total. The summed E-state index contributed by atoms with van der Waals surface area (Å²) in [5.74, 6) is 5.21. The van der Waals surface area contributed by atoms with Crippen molar-refractivity contribution in [3.05, 3.63) is 0 Å². The third-order valence-electron chi connectivity index (χ3n) is 14.9. The molecule has 7 fully saturated rings. The van der Waals surface area contributed by atoms with Crippen LogP contribution in [0.15, 0.2) is 0 Å². The summed E-state index contributed by atoms with van der Waals surface area (Å²) in [5, 5.41) is 0. The van der Waals surface area contributed by atoms with Crippen molar-refractivity contribution in [1.82, 2.24) is 4.90 Å². The molecule has 1 heterocycles. The Kier molecular flexibility index (Phi) is 8.99. The lowest BCUT2D eigenvalue weighted by molar-refractivity contribution is -0.159. The van der Waals surface area contributed by atoms with Gasteiger partial charge in [0.2, 0.25) is 0 Å². The molecule has 6 unspecified atom stereocenters. The van der Waals surface area contributed by atoms with Crippen molar-refractivity contribution < 1.29 is 9.59 Å². The number of hydrogen-bond acceptors (Lipinski definition) is 3. The highest BCUT2D eigenvalue weighted by Crippen LogP contribution is 2.58. The van der Waals surface area contributed by atoms with Gasteiger partial charge in [0.1, 0.15) is 11.6 Å². The summed E-state index contributed by atoms with van der Waals surface area (Å²) >= 11 is 0. The number of piperidine rings is 1. The highest BCUT2D eigenvalue weighted by Gasteiger charge is 2.57. The largest absolute Gasteiger partial charge is 0.299 e. The van der Waals surface area contributed by atoms with E-state index in [0.717, 1.165) is 80.8 Å². The smallest absolute Gasteiger partial charge is 0.139 e. The van der Waals surface area contributed by atoms with Crippen LogP contribution in [-0.4, -0.2) is 34.6 Å². The van der Waals surface area contributed by atoms with Crippen LogP contribution in [0.4, 0.5) is 0 Å². The number of Topliss-reactive ketones (excluding diaryl/α,β-unsaturated/α-hetero) is 2. The van der Waals surface area contributed by atoms with Gasteiger partial charge in [-0.25, -0.2) is 0 Å². The molecule has 1 aliphatic heterocycles. The molecule has 236 valence electrons. The predicted molar refractivity (Wildman–Crippen MR) is 171 cm³/mol. The summed E-state index contributed by atoms with van der Waals surface area (Å²) in [6.45, 7) is 5.30. The van der Waals surface area contributed by atoms with Gasteiger partial charge in [-0.05, 0) is 113 Å². The molecule has 6 atom stereocenters. The second-order valence-corrected chi connectivity index (χ2v) is 17.4. The zero-order valence-corrected chi connectivity index (χ0v) is 27.4. The molecular weight excluding hydrogens is 514 g/mol. The Labute approximate surface area is 258 Å². The number of carbonyl (C=O) groups is 2. The maximum atomic E-state index is 13.9. The Hall–Kier alpha value is -0.700. The van der Waals surface area contributed by atoms with Gasteiger partial charge < -0.3 is 0 Å². The van der Waals surface area contributed by atoms with E-state index >= 15 is 0 Å². The summed E-state index contributed by atoms with van der Waals surface area (Å²) < 4.78 is 0. The second-order valence-electron chi connectivity index (χ2n) is 17.4. The first-order chi connectivity index (χ1) is 20.4. The Bertz CT molecular complexity index is 889. The van der Waals surface area contributed by atoms with Gasteiger partial charge in [-0.1, -0.05) is 78.1 Å². The van der Waals surface area contributed by atoms with Crippen molar-refractivity contribution in [2.24, 2.45) is 52.8 Å². The van der Waals surface area contributed by atoms with Crippen LogP contribution in [0, 0.1) is 52.8 Å². The molecular formula is C39H63NO2. The molecule has 1 saturated heterocycles. The van der Waals surface area contributed by atoms with Gasteiger partial charge in [0.05, 0.1) is 0 Å². The molecule has 42 heavy (non-hydrogen) atoms. The lowest BCUT2D eigenvalue weighted by Gasteiger charge is -2.65. The van der Waals surface area contributed by atoms with Gasteiger partial charge >= 0.3 is 0 Å². The van der Waals surface area contributed by atoms with E-state index in [1.54, 1.807) is 0 Å². The zero-order chi connectivity index (χ0) is 28.8. The van der Waals surface area contributed by atoms with E-state index in [0.29, 0.717) is 34.7 Å². The summed E-state index contributed by atoms with van der Waals surface area (Å²) in [7, 11) is 0. The van der Waals surface area contributed by atoms with Crippen molar-refractivity contribution >= 4 is 11.6 Å². The topological polar surface area (TPSA) is 37.4 Å². The normalized spacial score (nSPS) is 43.5. The van der Waals surface area contributed by atoms with E-state index in [9.17, 15) is 9.59 Å². The summed E-state index contributed by atoms with van der Waals surface area (Å²) in [4.78, 5) is 31.0. The molecule has 0 bridgehead atoms. The fraction of sp³-hybridized carbons (Fsp3) is 0.949. The maximum Gasteiger partial charge on any atom is 0.139 e. The highest BCUT2D eigenvalue weighted by molar-refractivity contribution is 5.87. The third kappa shape index (κ3) is 5.62. The van der Waals surface area contributed by atoms with Crippen LogP contribution in [0.2, 0.25) is 0 Å². The number of nitrogens with zero attached hydrogens (tertiary/aromatic N) is 1. The molecule has 0 aromatic rings. The molecule has 0 spiro atoms. The van der Waals surface area contributed by atoms with E-state index in [-0.39, 0.29) is 11.8 Å². The van der Waals surface area contributed by atoms with Crippen molar-refractivity contribution in [1.29, 1.82) is 0 Å². The van der Waals surface area contributed by atoms with E-state index in [4.69, 9.17) is 0 Å². The molecule has 0 radical (unpaired) electrons. The van der Waals surface area contributed by atoms with Crippen molar-refractivity contribution in [2.75, 3.05) is 0 Å². The SMILES string of the molecule is CC1(C)C2CCCCC2N(C2CC(C3CC(C(=O)C4CCCCC4)CC(C(=O)C4CCCCC4)C3)C2)C2CCCCC21. The van der Waals surface area contributed by atoms with Crippen LogP contribution in [-0.2, 0) is 9.59 Å². The minimum absolute atomic E-state index is 0.171. The first kappa shape index (κ1) is 30.0. The lowest BCUT2D eigenvalue weighted by Crippen LogP contribution is -2.68. The Morgan fingerprint density at radius 1 is 0.476 bits per heavy atom. The predicted octanol–water partition coefficient (Wildman–Crippen LogP) is 9.56. The van der Waals surface area contributed by atoms with Crippen molar-refractivity contribution in [2.45, 2.75) is 180 Å². The van der Waals surface area contributed by atoms with Gasteiger partial charge in [0.15, 0.2) is 0 Å². The molecule has 0 amide bonds. The van der Waals surface area contributed by atoms with Gasteiger partial charge in [-0.2, -0.15) is 0 Å².